The molecule has 0 saturated carbocycles. The molecule has 4 aromatic heterocycles. The van der Waals surface area contributed by atoms with E-state index in [1.165, 1.54) is 33.7 Å². The van der Waals surface area contributed by atoms with E-state index in [1.54, 1.807) is 0 Å². The first-order valence-electron chi connectivity index (χ1n) is 13.1. The van der Waals surface area contributed by atoms with Gasteiger partial charge in [-0.3, -0.25) is 27.9 Å². The largest absolute Gasteiger partial charge is 0.472 e. The number of hydrogen-bond acceptors (Lipinski definition) is 14. The molecule has 250 valence electrons. The lowest BCUT2D eigenvalue weighted by molar-refractivity contribution is -0.425. The zero-order valence-corrected chi connectivity index (χ0v) is 29.1. The molecule has 2 saturated heterocycles. The SMILES string of the molecule is Nc1nc2c(c(=O)[nH]1)[n+](I)cn2[C@H]1C[C@@H](O)[C@@H](COP(=O)(O)OC2C[C@H](n3cnc4c(N)[n+](I)cnc43)O[C@@H]2COP(=O)(O)O)O1. The number of nitrogens with zero attached hydrogens (tertiary/aromatic N) is 7. The Morgan fingerprint density at radius 1 is 1.02 bits per heavy atom. The van der Waals surface area contributed by atoms with Gasteiger partial charge in [0.15, 0.2) is 28.4 Å². The maximum absolute atomic E-state index is 13.1. The van der Waals surface area contributed by atoms with E-state index < -0.39 is 71.3 Å². The highest BCUT2D eigenvalue weighted by Gasteiger charge is 2.45. The number of imidazole rings is 2. The highest BCUT2D eigenvalue weighted by atomic mass is 127. The molecule has 22 nitrogen and oxygen atoms in total. The molecule has 6 heterocycles. The number of phosphoric ester groups is 2. The predicted octanol–water partition coefficient (Wildman–Crippen LogP) is -1.15. The van der Waals surface area contributed by atoms with Crippen molar-refractivity contribution in [1.29, 1.82) is 0 Å². The second kappa shape index (κ2) is 12.8. The number of hydrogen-bond donors (Lipinski definition) is 7. The zero-order valence-electron chi connectivity index (χ0n) is 23.0. The number of nitrogens with one attached hydrogen (secondary N) is 1. The summed E-state index contributed by atoms with van der Waals surface area (Å²) in [5.41, 5.74) is 12.4. The van der Waals surface area contributed by atoms with Crippen molar-refractivity contribution in [2.75, 3.05) is 24.7 Å². The Balaban J connectivity index is 1.15. The second-order valence-corrected chi connectivity index (χ2v) is 14.9. The van der Waals surface area contributed by atoms with E-state index in [0.717, 1.165) is 0 Å². The summed E-state index contributed by atoms with van der Waals surface area (Å²) >= 11 is 3.80. The van der Waals surface area contributed by atoms with E-state index in [2.05, 4.69) is 24.5 Å². The molecular weight excluding hydrogens is 888 g/mol. The fourth-order valence-electron chi connectivity index (χ4n) is 5.13. The van der Waals surface area contributed by atoms with E-state index in [0.29, 0.717) is 17.0 Å². The maximum atomic E-state index is 13.1. The van der Waals surface area contributed by atoms with Crippen LogP contribution >= 0.6 is 61.4 Å². The minimum atomic E-state index is -4.94. The Morgan fingerprint density at radius 3 is 2.46 bits per heavy atom. The van der Waals surface area contributed by atoms with Crippen LogP contribution in [-0.2, 0) is 32.2 Å². The van der Waals surface area contributed by atoms with Crippen LogP contribution in [0.3, 0.4) is 0 Å². The van der Waals surface area contributed by atoms with Crippen LogP contribution in [-0.4, -0.2) is 86.5 Å². The number of fused-ring (bicyclic) bond motifs is 2. The third-order valence-electron chi connectivity index (χ3n) is 7.18. The van der Waals surface area contributed by atoms with Crippen LogP contribution in [0, 0.1) is 0 Å². The number of aromatic amines is 1. The summed E-state index contributed by atoms with van der Waals surface area (Å²) in [6.07, 6.45) is -2.22. The number of H-pyrrole nitrogens is 1. The number of phosphoric acid groups is 2. The normalized spacial score (nSPS) is 26.7. The number of aliphatic hydroxyl groups is 1. The minimum Gasteiger partial charge on any atom is -0.390 e. The Bertz CT molecular complexity index is 1950. The van der Waals surface area contributed by atoms with Crippen LogP contribution in [0.1, 0.15) is 25.3 Å². The van der Waals surface area contributed by atoms with Crippen molar-refractivity contribution in [3.63, 3.8) is 0 Å². The predicted molar refractivity (Wildman–Crippen MR) is 168 cm³/mol. The standard InChI is InChI=1S/C20H24I2N10O12P2/c21-31-6-26-17-14(16(31)23)25-5-29(17)13-2-9(11(43-13)4-40-45(35,36)37)44-46(38,39)41-3-10-8(33)1-12(42-10)30-7-32(22)15-18(30)27-20(24)28-19(15)34/h5-13,23,33H,1-4H2,(H5-,24,27,28,34,35,36,37,38,39)/p+2/t8-,9?,10-,11-,12-,13-/m1/s1. The quantitative estimate of drug-likeness (QED) is 0.0730. The summed E-state index contributed by atoms with van der Waals surface area (Å²) in [5.74, 6) is 0.180. The van der Waals surface area contributed by atoms with Crippen molar-refractivity contribution in [1.82, 2.24) is 29.1 Å². The highest BCUT2D eigenvalue weighted by molar-refractivity contribution is 14.1. The van der Waals surface area contributed by atoms with Crippen LogP contribution < -0.4 is 22.6 Å². The van der Waals surface area contributed by atoms with Crippen molar-refractivity contribution < 1.29 is 57.5 Å². The van der Waals surface area contributed by atoms with Gasteiger partial charge in [0.1, 0.15) is 30.9 Å². The van der Waals surface area contributed by atoms with Crippen LogP contribution in [0.15, 0.2) is 23.8 Å². The van der Waals surface area contributed by atoms with Gasteiger partial charge >= 0.3 is 21.2 Å². The number of ether oxygens (including phenoxy) is 2. The first kappa shape index (κ1) is 33.9. The van der Waals surface area contributed by atoms with Crippen LogP contribution in [0.25, 0.3) is 22.3 Å². The summed E-state index contributed by atoms with van der Waals surface area (Å²) in [6, 6.07) is 0. The van der Waals surface area contributed by atoms with Crippen molar-refractivity contribution in [3.05, 3.63) is 29.3 Å². The fraction of sp³-hybridized carbons (Fsp3) is 0.500. The summed E-state index contributed by atoms with van der Waals surface area (Å²) in [7, 11) is -9.84. The molecule has 46 heavy (non-hydrogen) atoms. The third kappa shape index (κ3) is 6.94. The molecule has 2 fully saturated rings. The number of nitrogen functional groups attached to an aromatic ring is 2. The molecule has 4 aromatic rings. The lowest BCUT2D eigenvalue weighted by atomic mass is 10.2. The first-order chi connectivity index (χ1) is 21.6. The van der Waals surface area contributed by atoms with Crippen LogP contribution in [0.5, 0.6) is 0 Å². The fourth-order valence-corrected chi connectivity index (χ4v) is 7.48. The molecule has 2 aliphatic rings. The van der Waals surface area contributed by atoms with Gasteiger partial charge in [-0.2, -0.15) is 15.1 Å². The molecule has 6 rings (SSSR count). The summed E-state index contributed by atoms with van der Waals surface area (Å²) in [6.45, 7) is -1.28. The van der Waals surface area contributed by atoms with Crippen molar-refractivity contribution >= 4 is 95.5 Å². The van der Waals surface area contributed by atoms with Gasteiger partial charge in [0.2, 0.25) is 47.0 Å². The molecule has 0 radical (unpaired) electrons. The smallest absolute Gasteiger partial charge is 0.390 e. The molecular formula is C20H26I2N10O12P2+2. The second-order valence-electron chi connectivity index (χ2n) is 10.2. The van der Waals surface area contributed by atoms with Gasteiger partial charge in [-0.25, -0.2) is 14.1 Å². The van der Waals surface area contributed by atoms with E-state index in [4.69, 9.17) is 30.0 Å². The minimum absolute atomic E-state index is 0.0221. The van der Waals surface area contributed by atoms with Crippen molar-refractivity contribution in [2.24, 2.45) is 0 Å². The Kier molecular flexibility index (Phi) is 9.47. The van der Waals surface area contributed by atoms with E-state index in [9.17, 15) is 33.7 Å². The van der Waals surface area contributed by atoms with Gasteiger partial charge in [-0.1, -0.05) is 4.98 Å². The van der Waals surface area contributed by atoms with Gasteiger partial charge in [0.05, 0.1) is 19.3 Å². The lowest BCUT2D eigenvalue weighted by Gasteiger charge is -2.22. The average molecular weight is 914 g/mol. The summed E-state index contributed by atoms with van der Waals surface area (Å²) < 4.78 is 57.4. The summed E-state index contributed by atoms with van der Waals surface area (Å²) in [4.78, 5) is 56.5. The van der Waals surface area contributed by atoms with E-state index in [-0.39, 0.29) is 30.0 Å². The number of nitrogens with two attached hydrogens (primary N) is 2. The number of aromatic nitrogens is 8. The van der Waals surface area contributed by atoms with Gasteiger partial charge in [0.25, 0.3) is 23.3 Å². The lowest BCUT2D eigenvalue weighted by Crippen LogP contribution is -2.29. The van der Waals surface area contributed by atoms with Gasteiger partial charge < -0.3 is 40.7 Å². The van der Waals surface area contributed by atoms with Crippen LogP contribution in [0.2, 0.25) is 0 Å². The van der Waals surface area contributed by atoms with Gasteiger partial charge in [-0.15, -0.1) is 0 Å². The number of rotatable bonds is 10. The molecule has 9 N–H and O–H groups in total. The van der Waals surface area contributed by atoms with Crippen molar-refractivity contribution in [3.8, 4) is 0 Å². The number of anilines is 2. The van der Waals surface area contributed by atoms with E-state index >= 15 is 0 Å². The Morgan fingerprint density at radius 2 is 1.72 bits per heavy atom. The molecule has 0 aliphatic carbocycles. The van der Waals surface area contributed by atoms with Crippen LogP contribution in [0.4, 0.5) is 11.8 Å². The molecule has 0 bridgehead atoms. The average Bonchev–Trinajstić information content (AvgIpc) is 3.72. The highest BCUT2D eigenvalue weighted by Crippen LogP contribution is 2.50. The topological polar surface area (TPSA) is 302 Å². The maximum Gasteiger partial charge on any atom is 0.472 e. The molecule has 0 amide bonds. The molecule has 0 aromatic carbocycles. The number of aliphatic hydroxyl groups excluding tert-OH is 1. The Hall–Kier alpha value is -1.94. The van der Waals surface area contributed by atoms with Crippen molar-refractivity contribution in [2.45, 2.75) is 49.7 Å². The van der Waals surface area contributed by atoms with Gasteiger partial charge in [0, 0.05) is 12.8 Å². The molecule has 7 atom stereocenters. The summed E-state index contributed by atoms with van der Waals surface area (Å²) in [5, 5.41) is 10.7. The molecule has 0 spiro atoms. The third-order valence-corrected chi connectivity index (χ3v) is 10.2. The molecule has 26 heteroatoms. The van der Waals surface area contributed by atoms with E-state index in [1.807, 2.05) is 45.7 Å². The monoisotopic (exact) mass is 914 g/mol. The molecule has 2 aliphatic heterocycles. The zero-order chi connectivity index (χ0) is 33.1. The molecule has 2 unspecified atom stereocenters. The number of halogens is 2. The first-order valence-corrected chi connectivity index (χ1v) is 18.1. The van der Waals surface area contributed by atoms with Gasteiger partial charge in [-0.05, 0) is 0 Å². The Labute approximate surface area is 284 Å².